The Morgan fingerprint density at radius 1 is 0.479 bits per heavy atom. The van der Waals surface area contributed by atoms with Gasteiger partial charge in [0.15, 0.2) is 11.2 Å². The zero-order valence-corrected chi connectivity index (χ0v) is 25.2. The van der Waals surface area contributed by atoms with Gasteiger partial charge in [-0.3, -0.25) is 9.80 Å². The van der Waals surface area contributed by atoms with Crippen molar-refractivity contribution in [3.8, 4) is 6.07 Å². The van der Waals surface area contributed by atoms with Crippen LogP contribution < -0.4 is 9.80 Å². The summed E-state index contributed by atoms with van der Waals surface area (Å²) in [6, 6.07) is 43.9. The molecule has 0 aliphatic heterocycles. The highest BCUT2D eigenvalue weighted by Crippen LogP contribution is 2.41. The monoisotopic (exact) mass is 621 g/mol. The Kier molecular flexibility index (Phi) is 6.30. The lowest BCUT2D eigenvalue weighted by Gasteiger charge is -2.22. The number of hydrogen-bond acceptors (Lipinski definition) is 9. The van der Waals surface area contributed by atoms with Crippen LogP contribution in [0.3, 0.4) is 0 Å². The number of nitriles is 1. The number of furan rings is 2. The molecule has 0 bridgehead atoms. The Labute approximate surface area is 273 Å². The Hall–Kier alpha value is -7.05. The van der Waals surface area contributed by atoms with Crippen LogP contribution in [-0.2, 0) is 0 Å². The number of fused-ring (bicyclic) bond motifs is 6. The third-order valence-electron chi connectivity index (χ3n) is 8.26. The van der Waals surface area contributed by atoms with Crippen LogP contribution in [0.25, 0.3) is 44.1 Å². The number of aromatic nitrogens is 4. The summed E-state index contributed by atoms with van der Waals surface area (Å²) >= 11 is 0. The van der Waals surface area contributed by atoms with Crippen LogP contribution in [0.1, 0.15) is 5.56 Å². The highest BCUT2D eigenvalue weighted by molar-refractivity contribution is 6.17. The molecule has 226 valence electrons. The summed E-state index contributed by atoms with van der Waals surface area (Å²) in [7, 11) is 0. The Morgan fingerprint density at radius 3 is 1.17 bits per heavy atom. The second-order valence-electron chi connectivity index (χ2n) is 11.1. The van der Waals surface area contributed by atoms with E-state index in [0.717, 1.165) is 22.7 Å². The molecule has 0 radical (unpaired) electrons. The van der Waals surface area contributed by atoms with Crippen LogP contribution in [0.5, 0.6) is 0 Å². The average molecular weight is 622 g/mol. The first kappa shape index (κ1) is 27.3. The number of anilines is 6. The van der Waals surface area contributed by atoms with E-state index in [-0.39, 0.29) is 5.56 Å². The van der Waals surface area contributed by atoms with Crippen molar-refractivity contribution in [3.63, 3.8) is 0 Å². The fourth-order valence-corrected chi connectivity index (χ4v) is 6.08. The molecular weight excluding hydrogens is 598 g/mol. The highest BCUT2D eigenvalue weighted by Gasteiger charge is 2.24. The largest absolute Gasteiger partial charge is 0.436 e. The number of benzene rings is 5. The van der Waals surface area contributed by atoms with Crippen LogP contribution in [0.4, 0.5) is 34.6 Å². The lowest BCUT2D eigenvalue weighted by molar-refractivity contribution is 0.639. The van der Waals surface area contributed by atoms with Crippen LogP contribution in [0.15, 0.2) is 149 Å². The molecule has 0 aliphatic rings. The molecule has 0 atom stereocenters. The van der Waals surface area contributed by atoms with E-state index in [2.05, 4.69) is 6.07 Å². The minimum absolute atomic E-state index is 0.257. The smallest absolute Gasteiger partial charge is 0.237 e. The van der Waals surface area contributed by atoms with E-state index >= 15 is 0 Å². The van der Waals surface area contributed by atoms with Gasteiger partial charge in [0, 0.05) is 45.9 Å². The maximum Gasteiger partial charge on any atom is 0.237 e. The molecule has 9 heteroatoms. The van der Waals surface area contributed by atoms with Crippen LogP contribution >= 0.6 is 0 Å². The summed E-state index contributed by atoms with van der Waals surface area (Å²) < 4.78 is 12.6. The van der Waals surface area contributed by atoms with E-state index in [1.54, 1.807) is 12.4 Å². The predicted octanol–water partition coefficient (Wildman–Crippen LogP) is 9.88. The maximum absolute atomic E-state index is 10.4. The van der Waals surface area contributed by atoms with Crippen molar-refractivity contribution < 1.29 is 8.83 Å². The zero-order valence-electron chi connectivity index (χ0n) is 25.2. The summed E-state index contributed by atoms with van der Waals surface area (Å²) in [5.41, 5.74) is 5.33. The zero-order chi connectivity index (χ0) is 32.0. The summed E-state index contributed by atoms with van der Waals surface area (Å²) in [5, 5.41) is 13.2. The van der Waals surface area contributed by atoms with Crippen molar-refractivity contribution in [3.05, 3.63) is 145 Å². The molecule has 0 spiro atoms. The number of hydrogen-bond donors (Lipinski definition) is 0. The van der Waals surface area contributed by atoms with Gasteiger partial charge in [-0.1, -0.05) is 72.8 Å². The molecule has 9 rings (SSSR count). The summed E-state index contributed by atoms with van der Waals surface area (Å²) in [6.45, 7) is 0. The standard InChI is InChI=1S/C39H23N7O2/c40-22-31-34-29(32-23-41-38(43-36(32)47-34)45(25-13-5-1-6-14-25)26-15-7-2-8-16-26)21-30-33-24-42-39(44-37(33)48-35(30)31)46(27-17-9-3-10-18-27)28-19-11-4-12-20-28/h1-21,23-24H. The van der Waals surface area contributed by atoms with Gasteiger partial charge in [0.2, 0.25) is 23.3 Å². The molecular formula is C39H23N7O2. The molecule has 4 aromatic heterocycles. The first-order chi connectivity index (χ1) is 23.8. The molecule has 0 saturated carbocycles. The predicted molar refractivity (Wildman–Crippen MR) is 186 cm³/mol. The molecule has 0 unspecified atom stereocenters. The van der Waals surface area contributed by atoms with Crippen molar-refractivity contribution in [2.75, 3.05) is 9.80 Å². The first-order valence-electron chi connectivity index (χ1n) is 15.3. The molecule has 48 heavy (non-hydrogen) atoms. The first-order valence-corrected chi connectivity index (χ1v) is 15.3. The molecule has 0 saturated heterocycles. The van der Waals surface area contributed by atoms with Crippen molar-refractivity contribution in [1.29, 1.82) is 5.26 Å². The van der Waals surface area contributed by atoms with Gasteiger partial charge in [-0.15, -0.1) is 0 Å². The summed E-state index contributed by atoms with van der Waals surface area (Å²) in [6.07, 6.45) is 3.48. The number of para-hydroxylation sites is 4. The molecule has 0 fully saturated rings. The number of nitrogens with zero attached hydrogens (tertiary/aromatic N) is 7. The van der Waals surface area contributed by atoms with E-state index in [9.17, 15) is 5.26 Å². The molecule has 9 nitrogen and oxygen atoms in total. The van der Waals surface area contributed by atoms with Gasteiger partial charge in [-0.25, -0.2) is 9.97 Å². The van der Waals surface area contributed by atoms with Crippen LogP contribution in [-0.4, -0.2) is 19.9 Å². The van der Waals surface area contributed by atoms with Crippen molar-refractivity contribution >= 4 is 78.8 Å². The summed E-state index contributed by atoms with van der Waals surface area (Å²) in [4.78, 5) is 23.2. The van der Waals surface area contributed by atoms with E-state index in [1.807, 2.05) is 137 Å². The quantitative estimate of drug-likeness (QED) is 0.179. The van der Waals surface area contributed by atoms with E-state index < -0.39 is 0 Å². The fraction of sp³-hybridized carbons (Fsp3) is 0. The second-order valence-corrected chi connectivity index (χ2v) is 11.1. The summed E-state index contributed by atoms with van der Waals surface area (Å²) in [5.74, 6) is 0.878. The Bertz CT molecular complexity index is 2380. The highest BCUT2D eigenvalue weighted by atomic mass is 16.4. The Balaban J connectivity index is 1.20. The molecule has 4 heterocycles. The van der Waals surface area contributed by atoms with Crippen LogP contribution in [0.2, 0.25) is 0 Å². The average Bonchev–Trinajstić information content (AvgIpc) is 3.70. The number of rotatable bonds is 6. The van der Waals surface area contributed by atoms with Gasteiger partial charge in [-0.2, -0.15) is 15.2 Å². The van der Waals surface area contributed by atoms with Crippen molar-refractivity contribution in [2.45, 2.75) is 0 Å². The minimum Gasteiger partial charge on any atom is -0.436 e. The second kappa shape index (κ2) is 11.1. The van der Waals surface area contributed by atoms with Gasteiger partial charge in [0.1, 0.15) is 11.6 Å². The molecule has 0 N–H and O–H groups in total. The fourth-order valence-electron chi connectivity index (χ4n) is 6.08. The molecule has 0 amide bonds. The van der Waals surface area contributed by atoms with Gasteiger partial charge in [0.05, 0.1) is 10.8 Å². The van der Waals surface area contributed by atoms with Gasteiger partial charge in [-0.05, 0) is 54.6 Å². The van der Waals surface area contributed by atoms with E-state index in [0.29, 0.717) is 56.0 Å². The molecule has 9 aromatic rings. The van der Waals surface area contributed by atoms with Gasteiger partial charge >= 0.3 is 0 Å². The lowest BCUT2D eigenvalue weighted by Crippen LogP contribution is -2.12. The Morgan fingerprint density at radius 2 is 0.833 bits per heavy atom. The van der Waals surface area contributed by atoms with Crippen LogP contribution in [0, 0.1) is 11.3 Å². The normalized spacial score (nSPS) is 11.3. The SMILES string of the molecule is N#Cc1c2oc3nc(N(c4ccccc4)c4ccccc4)ncc3c2cc2c1oc1nc(N(c3ccccc3)c3ccccc3)ncc12. The third-order valence-corrected chi connectivity index (χ3v) is 8.26. The lowest BCUT2D eigenvalue weighted by atomic mass is 10.1. The van der Waals surface area contributed by atoms with Crippen molar-refractivity contribution in [2.24, 2.45) is 0 Å². The van der Waals surface area contributed by atoms with Gasteiger partial charge < -0.3 is 8.83 Å². The maximum atomic E-state index is 10.4. The van der Waals surface area contributed by atoms with Gasteiger partial charge in [0.25, 0.3) is 0 Å². The van der Waals surface area contributed by atoms with E-state index in [4.69, 9.17) is 28.8 Å². The minimum atomic E-state index is 0.257. The topological polar surface area (TPSA) is 108 Å². The van der Waals surface area contributed by atoms with E-state index in [1.165, 1.54) is 0 Å². The third kappa shape index (κ3) is 4.40. The molecule has 5 aromatic carbocycles. The molecule has 0 aliphatic carbocycles. The van der Waals surface area contributed by atoms with Crippen molar-refractivity contribution in [1.82, 2.24) is 19.9 Å².